The van der Waals surface area contributed by atoms with E-state index in [4.69, 9.17) is 13.7 Å². The van der Waals surface area contributed by atoms with Crippen LogP contribution in [0.3, 0.4) is 0 Å². The summed E-state index contributed by atoms with van der Waals surface area (Å²) >= 11 is 0. The summed E-state index contributed by atoms with van der Waals surface area (Å²) in [4.78, 5) is 0. The Balaban J connectivity index is 1.73. The van der Waals surface area contributed by atoms with E-state index < -0.39 is 34.7 Å². The van der Waals surface area contributed by atoms with Crippen LogP contribution in [0.15, 0.2) is 30.3 Å². The van der Waals surface area contributed by atoms with Crippen LogP contribution in [0.4, 0.5) is 0 Å². The van der Waals surface area contributed by atoms with Gasteiger partial charge in [-0.05, 0) is 12.3 Å². The van der Waals surface area contributed by atoms with Crippen LogP contribution in [-0.2, 0) is 23.8 Å². The predicted octanol–water partition coefficient (Wildman–Crippen LogP) is 2.39. The van der Waals surface area contributed by atoms with Crippen LogP contribution in [0.5, 0.6) is 0 Å². The molecular weight excluding hydrogens is 344 g/mol. The highest BCUT2D eigenvalue weighted by atomic mass is 32.2. The minimum Gasteiger partial charge on any atom is -0.390 e. The Labute approximate surface area is 149 Å². The van der Waals surface area contributed by atoms with E-state index in [0.29, 0.717) is 12.3 Å². The number of rotatable bonds is 6. The first kappa shape index (κ1) is 18.8. The molecule has 1 aliphatic carbocycles. The lowest BCUT2D eigenvalue weighted by molar-refractivity contribution is -0.271. The highest BCUT2D eigenvalue weighted by molar-refractivity contribution is 7.86. The number of aliphatic hydroxyl groups is 1. The maximum absolute atomic E-state index is 11.5. The van der Waals surface area contributed by atoms with Crippen molar-refractivity contribution < 1.29 is 27.2 Å². The second-order valence-electron chi connectivity index (χ2n) is 6.97. The first-order valence-electron chi connectivity index (χ1n) is 8.81. The topological polar surface area (TPSA) is 82.1 Å². The normalized spacial score (nSPS) is 29.6. The smallest absolute Gasteiger partial charge is 0.264 e. The van der Waals surface area contributed by atoms with Gasteiger partial charge in [0.2, 0.25) is 0 Å². The lowest BCUT2D eigenvalue weighted by Gasteiger charge is -2.38. The summed E-state index contributed by atoms with van der Waals surface area (Å²) in [6.45, 7) is 0.0546. The number of hydrogen-bond acceptors (Lipinski definition) is 6. The molecular formula is C18H26O6S. The zero-order chi connectivity index (χ0) is 17.9. The van der Waals surface area contributed by atoms with Crippen molar-refractivity contribution in [2.45, 2.75) is 56.7 Å². The van der Waals surface area contributed by atoms with Gasteiger partial charge in [-0.15, -0.1) is 0 Å². The third-order valence-corrected chi connectivity index (χ3v) is 5.45. The molecule has 2 fully saturated rings. The van der Waals surface area contributed by atoms with Crippen molar-refractivity contribution >= 4 is 10.1 Å². The Morgan fingerprint density at radius 1 is 1.24 bits per heavy atom. The third-order valence-electron chi connectivity index (χ3n) is 4.86. The van der Waals surface area contributed by atoms with E-state index in [-0.39, 0.29) is 6.61 Å². The van der Waals surface area contributed by atoms with Crippen molar-refractivity contribution in [2.24, 2.45) is 5.92 Å². The summed E-state index contributed by atoms with van der Waals surface area (Å²) in [6, 6.07) is 9.41. The molecule has 6 nitrogen and oxygen atoms in total. The largest absolute Gasteiger partial charge is 0.390 e. The second kappa shape index (κ2) is 8.14. The minimum absolute atomic E-state index is 0.0546. The quantitative estimate of drug-likeness (QED) is 0.774. The molecule has 0 bridgehead atoms. The van der Waals surface area contributed by atoms with Gasteiger partial charge in [0.1, 0.15) is 12.2 Å². The SMILES string of the molecule is CS(=O)(=O)OC1COC(c2ccccc2)OC1[C@H](O)CC1CCCC1. The van der Waals surface area contributed by atoms with Gasteiger partial charge in [0.25, 0.3) is 10.1 Å². The van der Waals surface area contributed by atoms with E-state index in [0.717, 1.165) is 24.7 Å². The molecule has 1 N–H and O–H groups in total. The van der Waals surface area contributed by atoms with Crippen molar-refractivity contribution in [3.63, 3.8) is 0 Å². The van der Waals surface area contributed by atoms with Crippen molar-refractivity contribution in [1.29, 1.82) is 0 Å². The molecule has 7 heteroatoms. The maximum Gasteiger partial charge on any atom is 0.264 e. The Morgan fingerprint density at radius 3 is 2.56 bits per heavy atom. The van der Waals surface area contributed by atoms with E-state index in [1.54, 1.807) is 0 Å². The van der Waals surface area contributed by atoms with Crippen LogP contribution in [0.1, 0.15) is 44.0 Å². The average Bonchev–Trinajstić information content (AvgIpc) is 3.07. The molecule has 0 radical (unpaired) electrons. The summed E-state index contributed by atoms with van der Waals surface area (Å²) < 4.78 is 39.8. The van der Waals surface area contributed by atoms with Gasteiger partial charge >= 0.3 is 0 Å². The van der Waals surface area contributed by atoms with E-state index in [2.05, 4.69) is 0 Å². The highest BCUT2D eigenvalue weighted by Crippen LogP contribution is 2.34. The fraction of sp³-hybridized carbons (Fsp3) is 0.667. The van der Waals surface area contributed by atoms with E-state index in [1.165, 1.54) is 12.8 Å². The van der Waals surface area contributed by atoms with Crippen LogP contribution in [0.25, 0.3) is 0 Å². The molecule has 1 saturated heterocycles. The maximum atomic E-state index is 11.5. The molecule has 25 heavy (non-hydrogen) atoms. The van der Waals surface area contributed by atoms with Crippen molar-refractivity contribution in [3.05, 3.63) is 35.9 Å². The van der Waals surface area contributed by atoms with Crippen LogP contribution in [0, 0.1) is 5.92 Å². The number of hydrogen-bond donors (Lipinski definition) is 1. The van der Waals surface area contributed by atoms with Crippen LogP contribution >= 0.6 is 0 Å². The lowest BCUT2D eigenvalue weighted by atomic mass is 9.94. The summed E-state index contributed by atoms with van der Waals surface area (Å²) in [5.41, 5.74) is 0.832. The third kappa shape index (κ3) is 5.24. The Kier molecular flexibility index (Phi) is 6.12. The second-order valence-corrected chi connectivity index (χ2v) is 8.57. The molecule has 0 spiro atoms. The molecule has 2 aliphatic rings. The molecule has 1 heterocycles. The van der Waals surface area contributed by atoms with Gasteiger partial charge < -0.3 is 14.6 Å². The van der Waals surface area contributed by atoms with Crippen molar-refractivity contribution in [3.8, 4) is 0 Å². The Bertz CT molecular complexity index is 641. The molecule has 1 aliphatic heterocycles. The summed E-state index contributed by atoms with van der Waals surface area (Å²) in [7, 11) is -3.67. The fourth-order valence-corrected chi connectivity index (χ4v) is 4.31. The molecule has 3 rings (SSSR count). The number of benzene rings is 1. The molecule has 4 atom stereocenters. The van der Waals surface area contributed by atoms with Crippen LogP contribution < -0.4 is 0 Å². The zero-order valence-electron chi connectivity index (χ0n) is 14.4. The van der Waals surface area contributed by atoms with Gasteiger partial charge in [0, 0.05) is 5.56 Å². The first-order valence-corrected chi connectivity index (χ1v) is 10.6. The van der Waals surface area contributed by atoms with Crippen LogP contribution in [0.2, 0.25) is 0 Å². The van der Waals surface area contributed by atoms with Crippen LogP contribution in [-0.4, -0.2) is 44.7 Å². The van der Waals surface area contributed by atoms with Gasteiger partial charge in [-0.3, -0.25) is 4.18 Å². The molecule has 140 valence electrons. The number of aliphatic hydroxyl groups excluding tert-OH is 1. The summed E-state index contributed by atoms with van der Waals surface area (Å²) in [6.07, 6.45) is 3.14. The van der Waals surface area contributed by atoms with E-state index >= 15 is 0 Å². The molecule has 0 aromatic heterocycles. The Morgan fingerprint density at radius 2 is 1.92 bits per heavy atom. The lowest BCUT2D eigenvalue weighted by Crippen LogP contribution is -2.49. The van der Waals surface area contributed by atoms with Gasteiger partial charge in [-0.1, -0.05) is 56.0 Å². The highest BCUT2D eigenvalue weighted by Gasteiger charge is 2.40. The van der Waals surface area contributed by atoms with Gasteiger partial charge in [-0.25, -0.2) is 0 Å². The molecule has 1 saturated carbocycles. The zero-order valence-corrected chi connectivity index (χ0v) is 15.2. The average molecular weight is 370 g/mol. The molecule has 3 unspecified atom stereocenters. The monoisotopic (exact) mass is 370 g/mol. The minimum atomic E-state index is -3.67. The van der Waals surface area contributed by atoms with Gasteiger partial charge in [-0.2, -0.15) is 8.42 Å². The van der Waals surface area contributed by atoms with Gasteiger partial charge in [0.05, 0.1) is 19.0 Å². The number of ether oxygens (including phenoxy) is 2. The van der Waals surface area contributed by atoms with E-state index in [9.17, 15) is 13.5 Å². The first-order chi connectivity index (χ1) is 11.9. The summed E-state index contributed by atoms with van der Waals surface area (Å²) in [5.74, 6) is 0.454. The van der Waals surface area contributed by atoms with Crippen molar-refractivity contribution in [1.82, 2.24) is 0 Å². The van der Waals surface area contributed by atoms with Gasteiger partial charge in [0.15, 0.2) is 6.29 Å². The van der Waals surface area contributed by atoms with Crippen molar-refractivity contribution in [2.75, 3.05) is 12.9 Å². The molecule has 0 amide bonds. The van der Waals surface area contributed by atoms with E-state index in [1.807, 2.05) is 30.3 Å². The molecule has 1 aromatic carbocycles. The predicted molar refractivity (Wildman–Crippen MR) is 92.3 cm³/mol. The standard InChI is InChI=1S/C18H26O6S/c1-25(20,21)24-16-12-22-18(14-9-3-2-4-10-14)23-17(16)15(19)11-13-7-5-6-8-13/h2-4,9-10,13,15-19H,5-8,11-12H2,1H3/t15-,16?,17?,18?/m1/s1. The molecule has 1 aromatic rings. The fourth-order valence-electron chi connectivity index (χ4n) is 3.70. The summed E-state index contributed by atoms with van der Waals surface area (Å²) in [5, 5.41) is 10.7. The Hall–Kier alpha value is -0.990.